The van der Waals surface area contributed by atoms with Gasteiger partial charge in [0.15, 0.2) is 0 Å². The summed E-state index contributed by atoms with van der Waals surface area (Å²) in [6.45, 7) is 4.20. The predicted octanol–water partition coefficient (Wildman–Crippen LogP) is 3.63. The molecule has 1 saturated heterocycles. The van der Waals surface area contributed by atoms with E-state index in [1.807, 2.05) is 53.6 Å². The van der Waals surface area contributed by atoms with E-state index >= 15 is 0 Å². The van der Waals surface area contributed by atoms with Crippen molar-refractivity contribution in [1.29, 1.82) is 0 Å². The third-order valence-electron chi connectivity index (χ3n) is 5.27. The summed E-state index contributed by atoms with van der Waals surface area (Å²) in [5.74, 6) is 0.146. The summed E-state index contributed by atoms with van der Waals surface area (Å²) in [6, 6.07) is 22.4. The van der Waals surface area contributed by atoms with Crippen LogP contribution < -0.4 is 0 Å². The van der Waals surface area contributed by atoms with Crippen LogP contribution in [0.2, 0.25) is 0 Å². The Morgan fingerprint density at radius 1 is 0.821 bits per heavy atom. The van der Waals surface area contributed by atoms with Crippen molar-refractivity contribution >= 4 is 5.91 Å². The van der Waals surface area contributed by atoms with Crippen molar-refractivity contribution in [3.05, 3.63) is 101 Å². The summed E-state index contributed by atoms with van der Waals surface area (Å²) in [4.78, 5) is 21.7. The maximum Gasteiger partial charge on any atom is 0.254 e. The molecule has 0 aliphatic carbocycles. The number of amides is 1. The van der Waals surface area contributed by atoms with Crippen LogP contribution in [-0.2, 0) is 13.0 Å². The summed E-state index contributed by atoms with van der Waals surface area (Å²) >= 11 is 0. The lowest BCUT2D eigenvalue weighted by atomic mass is 9.99. The van der Waals surface area contributed by atoms with Gasteiger partial charge < -0.3 is 4.90 Å². The molecule has 0 saturated carbocycles. The number of piperazine rings is 1. The Balaban J connectivity index is 1.40. The monoisotopic (exact) mass is 371 g/mol. The van der Waals surface area contributed by atoms with Crippen molar-refractivity contribution in [3.8, 4) is 0 Å². The second-order valence-electron chi connectivity index (χ2n) is 7.25. The summed E-state index contributed by atoms with van der Waals surface area (Å²) in [5, 5.41) is 0. The summed E-state index contributed by atoms with van der Waals surface area (Å²) in [7, 11) is 0. The Kier molecular flexibility index (Phi) is 5.78. The van der Waals surface area contributed by atoms with E-state index in [0.29, 0.717) is 0 Å². The van der Waals surface area contributed by atoms with Crippen LogP contribution >= 0.6 is 0 Å². The Bertz CT molecular complexity index is 903. The molecule has 2 aromatic carbocycles. The Hall–Kier alpha value is -2.98. The molecule has 0 spiro atoms. The van der Waals surface area contributed by atoms with Crippen molar-refractivity contribution in [2.45, 2.75) is 13.0 Å². The van der Waals surface area contributed by atoms with E-state index in [1.54, 1.807) is 6.20 Å². The van der Waals surface area contributed by atoms with Gasteiger partial charge >= 0.3 is 0 Å². The molecular weight excluding hydrogens is 346 g/mol. The molecule has 1 aliphatic rings. The third-order valence-corrected chi connectivity index (χ3v) is 5.27. The average Bonchev–Trinajstić information content (AvgIpc) is 2.76. The van der Waals surface area contributed by atoms with Crippen LogP contribution in [0.4, 0.5) is 0 Å². The average molecular weight is 371 g/mol. The topological polar surface area (TPSA) is 36.4 Å². The number of benzene rings is 2. The van der Waals surface area contributed by atoms with E-state index in [9.17, 15) is 4.79 Å². The lowest BCUT2D eigenvalue weighted by Crippen LogP contribution is -2.48. The van der Waals surface area contributed by atoms with E-state index in [-0.39, 0.29) is 5.91 Å². The zero-order valence-electron chi connectivity index (χ0n) is 16.0. The van der Waals surface area contributed by atoms with Crippen LogP contribution in [0.3, 0.4) is 0 Å². The van der Waals surface area contributed by atoms with E-state index in [1.165, 1.54) is 11.1 Å². The SMILES string of the molecule is O=C(c1ccccc1Cc1ccccc1)N1CCN(Cc2cccnc2)CC1. The highest BCUT2D eigenvalue weighted by Crippen LogP contribution is 2.18. The highest BCUT2D eigenvalue weighted by molar-refractivity contribution is 5.95. The van der Waals surface area contributed by atoms with Crippen molar-refractivity contribution in [3.63, 3.8) is 0 Å². The normalized spacial score (nSPS) is 14.8. The first-order chi connectivity index (χ1) is 13.8. The molecule has 4 nitrogen and oxygen atoms in total. The summed E-state index contributed by atoms with van der Waals surface area (Å²) in [5.41, 5.74) is 4.36. The molecule has 1 amide bonds. The predicted molar refractivity (Wildman–Crippen MR) is 111 cm³/mol. The Labute approximate surface area is 166 Å². The van der Waals surface area contributed by atoms with Gasteiger partial charge in [0.1, 0.15) is 0 Å². The summed E-state index contributed by atoms with van der Waals surface area (Å²) in [6.07, 6.45) is 4.49. The number of pyridine rings is 1. The van der Waals surface area contributed by atoms with Gasteiger partial charge in [0.05, 0.1) is 0 Å². The Morgan fingerprint density at radius 2 is 1.54 bits per heavy atom. The highest BCUT2D eigenvalue weighted by atomic mass is 16.2. The molecule has 0 atom stereocenters. The molecule has 142 valence electrons. The van der Waals surface area contributed by atoms with E-state index < -0.39 is 0 Å². The van der Waals surface area contributed by atoms with Crippen LogP contribution in [0.15, 0.2) is 79.1 Å². The third kappa shape index (κ3) is 4.46. The zero-order valence-corrected chi connectivity index (χ0v) is 16.0. The first-order valence-electron chi connectivity index (χ1n) is 9.82. The summed E-state index contributed by atoms with van der Waals surface area (Å²) < 4.78 is 0. The smallest absolute Gasteiger partial charge is 0.254 e. The second kappa shape index (κ2) is 8.81. The van der Waals surface area contributed by atoms with Gasteiger partial charge in [0.25, 0.3) is 5.91 Å². The van der Waals surface area contributed by atoms with Crippen LogP contribution in [-0.4, -0.2) is 46.9 Å². The molecule has 4 heteroatoms. The second-order valence-corrected chi connectivity index (χ2v) is 7.25. The molecule has 3 aromatic rings. The molecule has 1 aliphatic heterocycles. The lowest BCUT2D eigenvalue weighted by Gasteiger charge is -2.35. The number of hydrogen-bond acceptors (Lipinski definition) is 3. The fraction of sp³-hybridized carbons (Fsp3) is 0.250. The fourth-order valence-electron chi connectivity index (χ4n) is 3.73. The molecule has 1 aromatic heterocycles. The van der Waals surface area contributed by atoms with Gasteiger partial charge in [-0.15, -0.1) is 0 Å². The van der Waals surface area contributed by atoms with Gasteiger partial charge in [-0.05, 0) is 35.2 Å². The maximum absolute atomic E-state index is 13.2. The van der Waals surface area contributed by atoms with E-state index in [2.05, 4.69) is 34.1 Å². The lowest BCUT2D eigenvalue weighted by molar-refractivity contribution is 0.0627. The molecule has 0 bridgehead atoms. The number of rotatable bonds is 5. The van der Waals surface area contributed by atoms with Crippen LogP contribution in [0, 0.1) is 0 Å². The number of aromatic nitrogens is 1. The molecule has 0 N–H and O–H groups in total. The Morgan fingerprint density at radius 3 is 2.29 bits per heavy atom. The van der Waals surface area contributed by atoms with Crippen molar-refractivity contribution in [2.24, 2.45) is 0 Å². The molecule has 28 heavy (non-hydrogen) atoms. The number of carbonyl (C=O) groups excluding carboxylic acids is 1. The van der Waals surface area contributed by atoms with Crippen molar-refractivity contribution in [1.82, 2.24) is 14.8 Å². The molecule has 2 heterocycles. The highest BCUT2D eigenvalue weighted by Gasteiger charge is 2.23. The number of hydrogen-bond donors (Lipinski definition) is 0. The molecule has 4 rings (SSSR count). The van der Waals surface area contributed by atoms with Gasteiger partial charge in [-0.1, -0.05) is 54.6 Å². The van der Waals surface area contributed by atoms with Crippen molar-refractivity contribution in [2.75, 3.05) is 26.2 Å². The molecular formula is C24H25N3O. The molecule has 0 unspecified atom stereocenters. The zero-order chi connectivity index (χ0) is 19.2. The van der Waals surface area contributed by atoms with Gasteiger partial charge in [0, 0.05) is 50.7 Å². The van der Waals surface area contributed by atoms with E-state index in [4.69, 9.17) is 0 Å². The number of carbonyl (C=O) groups is 1. The van der Waals surface area contributed by atoms with Crippen LogP contribution in [0.25, 0.3) is 0 Å². The standard InChI is InChI=1S/C24H25N3O/c28-24(23-11-5-4-10-22(23)17-20-7-2-1-3-8-20)27-15-13-26(14-16-27)19-21-9-6-12-25-18-21/h1-12,18H,13-17,19H2. The molecule has 1 fully saturated rings. The number of nitrogens with zero attached hydrogens (tertiary/aromatic N) is 3. The van der Waals surface area contributed by atoms with Gasteiger partial charge in [-0.2, -0.15) is 0 Å². The van der Waals surface area contributed by atoms with Gasteiger partial charge in [-0.3, -0.25) is 14.7 Å². The maximum atomic E-state index is 13.2. The van der Waals surface area contributed by atoms with Gasteiger partial charge in [-0.25, -0.2) is 0 Å². The first-order valence-corrected chi connectivity index (χ1v) is 9.82. The minimum absolute atomic E-state index is 0.146. The van der Waals surface area contributed by atoms with Crippen molar-refractivity contribution < 1.29 is 4.79 Å². The minimum atomic E-state index is 0.146. The minimum Gasteiger partial charge on any atom is -0.336 e. The largest absolute Gasteiger partial charge is 0.336 e. The van der Waals surface area contributed by atoms with E-state index in [0.717, 1.165) is 50.3 Å². The first kappa shape index (κ1) is 18.4. The molecule has 0 radical (unpaired) electrons. The van der Waals surface area contributed by atoms with Crippen LogP contribution in [0.5, 0.6) is 0 Å². The quantitative estimate of drug-likeness (QED) is 0.687. The fourth-order valence-corrected chi connectivity index (χ4v) is 3.73. The van der Waals surface area contributed by atoms with Gasteiger partial charge in [0.2, 0.25) is 0 Å². The van der Waals surface area contributed by atoms with Crippen LogP contribution in [0.1, 0.15) is 27.0 Å².